The molecule has 2 aromatic carbocycles. The van der Waals surface area contributed by atoms with Crippen LogP contribution in [0.15, 0.2) is 36.4 Å². The van der Waals surface area contributed by atoms with E-state index in [4.69, 9.17) is 0 Å². The fraction of sp³-hybridized carbons (Fsp3) is 0.625. The third kappa shape index (κ3) is 4.32. The number of aryl methyl sites for hydroxylation is 3. The van der Waals surface area contributed by atoms with Gasteiger partial charge in [-0.05, 0) is 112 Å². The highest BCUT2D eigenvalue weighted by atomic mass is 15.2. The van der Waals surface area contributed by atoms with Gasteiger partial charge >= 0.3 is 0 Å². The Bertz CT molecular complexity index is 959. The summed E-state index contributed by atoms with van der Waals surface area (Å²) in [6, 6.07) is 15.4. The van der Waals surface area contributed by atoms with E-state index in [1.165, 1.54) is 69.3 Å². The minimum absolute atomic E-state index is 0.273. The van der Waals surface area contributed by atoms with Gasteiger partial charge in [-0.15, -0.1) is 0 Å². The monoisotopic (exact) mass is 460 g/mol. The van der Waals surface area contributed by atoms with Crippen LogP contribution >= 0.6 is 0 Å². The van der Waals surface area contributed by atoms with Crippen molar-refractivity contribution in [3.63, 3.8) is 0 Å². The quantitative estimate of drug-likeness (QED) is 0.496. The van der Waals surface area contributed by atoms with Crippen LogP contribution in [-0.2, 0) is 18.3 Å². The number of hydrogen-bond acceptors (Lipinski definition) is 2. The van der Waals surface area contributed by atoms with E-state index in [-0.39, 0.29) is 5.41 Å². The van der Waals surface area contributed by atoms with Crippen LogP contribution in [0.3, 0.4) is 0 Å². The van der Waals surface area contributed by atoms with E-state index in [1.54, 1.807) is 22.3 Å². The van der Waals surface area contributed by atoms with Crippen molar-refractivity contribution in [1.29, 1.82) is 0 Å². The van der Waals surface area contributed by atoms with Gasteiger partial charge in [-0.1, -0.05) is 58.0 Å². The molecule has 1 N–H and O–H groups in total. The molecule has 0 radical (unpaired) electrons. The number of para-hydroxylation sites is 1. The van der Waals surface area contributed by atoms with E-state index >= 15 is 0 Å². The minimum Gasteiger partial charge on any atom is -0.368 e. The predicted octanol–water partition coefficient (Wildman–Crippen LogP) is 7.52. The molecule has 1 saturated heterocycles. The number of anilines is 1. The molecule has 2 unspecified atom stereocenters. The zero-order valence-corrected chi connectivity index (χ0v) is 22.7. The van der Waals surface area contributed by atoms with Crippen molar-refractivity contribution >= 4 is 5.69 Å². The molecule has 5 rings (SSSR count). The molecule has 1 saturated carbocycles. The van der Waals surface area contributed by atoms with Crippen molar-refractivity contribution in [2.75, 3.05) is 18.0 Å². The molecule has 2 fully saturated rings. The van der Waals surface area contributed by atoms with Gasteiger partial charge in [0.05, 0.1) is 0 Å². The lowest BCUT2D eigenvalue weighted by Crippen LogP contribution is -2.59. The fourth-order valence-corrected chi connectivity index (χ4v) is 7.50. The molecule has 34 heavy (non-hydrogen) atoms. The third-order valence-electron chi connectivity index (χ3n) is 9.39. The maximum absolute atomic E-state index is 3.84. The van der Waals surface area contributed by atoms with E-state index in [0.717, 1.165) is 12.3 Å². The van der Waals surface area contributed by atoms with Crippen molar-refractivity contribution < 1.29 is 0 Å². The van der Waals surface area contributed by atoms with Gasteiger partial charge in [0.2, 0.25) is 0 Å². The summed E-state index contributed by atoms with van der Waals surface area (Å²) in [6.07, 6.45) is 10.3. The first-order chi connectivity index (χ1) is 16.6. The summed E-state index contributed by atoms with van der Waals surface area (Å²) in [5.41, 5.74) is 9.70. The molecular weight excluding hydrogens is 412 g/mol. The van der Waals surface area contributed by atoms with Gasteiger partial charge in [-0.2, -0.15) is 0 Å². The second kappa shape index (κ2) is 10.9. The normalized spacial score (nSPS) is 28.4. The Morgan fingerprint density at radius 1 is 1.00 bits per heavy atom. The number of rotatable bonds is 5. The van der Waals surface area contributed by atoms with Crippen LogP contribution in [0.25, 0.3) is 0 Å². The zero-order valence-electron chi connectivity index (χ0n) is 22.7. The van der Waals surface area contributed by atoms with Crippen LogP contribution in [0.4, 0.5) is 5.69 Å². The molecule has 1 aliphatic carbocycles. The molecule has 2 aliphatic heterocycles. The highest BCUT2D eigenvalue weighted by Crippen LogP contribution is 2.53. The molecule has 0 bridgehead atoms. The summed E-state index contributed by atoms with van der Waals surface area (Å²) in [6.45, 7) is 16.0. The summed E-state index contributed by atoms with van der Waals surface area (Å²) in [5.74, 6) is 0.753. The van der Waals surface area contributed by atoms with Crippen molar-refractivity contribution in [3.8, 4) is 0 Å². The van der Waals surface area contributed by atoms with Gasteiger partial charge in [0.15, 0.2) is 0 Å². The molecule has 0 spiro atoms. The topological polar surface area (TPSA) is 15.3 Å². The van der Waals surface area contributed by atoms with Crippen LogP contribution in [-0.4, -0.2) is 25.2 Å². The van der Waals surface area contributed by atoms with Crippen LogP contribution < -0.4 is 10.2 Å². The standard InChI is InChI=1S/C30H42N2.C2H6/c1-5-23-14-13-21(3)22(4)29(23)30(6-2)20-25(15-16-26(30)27-17-18-31-27)32-19-9-11-24-10-7-8-12-28(24)32;1-2/h7-8,10,12-14,25-27,31H,5-6,9,11,15-20H2,1-4H3;1-2H3/t25?,26?,27-,30+;/m1./s1. The van der Waals surface area contributed by atoms with E-state index < -0.39 is 0 Å². The molecule has 2 nitrogen and oxygen atoms in total. The first-order valence-electron chi connectivity index (χ1n) is 14.3. The van der Waals surface area contributed by atoms with Gasteiger partial charge in [-0.25, -0.2) is 0 Å². The molecule has 0 amide bonds. The number of hydrogen-bond donors (Lipinski definition) is 1. The molecule has 2 heterocycles. The number of fused-ring (bicyclic) bond motifs is 1. The highest BCUT2D eigenvalue weighted by molar-refractivity contribution is 5.57. The number of benzene rings is 2. The lowest BCUT2D eigenvalue weighted by atomic mass is 9.54. The summed E-state index contributed by atoms with van der Waals surface area (Å²) < 4.78 is 0. The van der Waals surface area contributed by atoms with Crippen molar-refractivity contribution in [3.05, 3.63) is 64.2 Å². The predicted molar refractivity (Wildman–Crippen MR) is 148 cm³/mol. The van der Waals surface area contributed by atoms with E-state index in [1.807, 2.05) is 13.8 Å². The Balaban J connectivity index is 0.00000133. The van der Waals surface area contributed by atoms with Gasteiger partial charge in [0.1, 0.15) is 0 Å². The first-order valence-corrected chi connectivity index (χ1v) is 14.3. The smallest absolute Gasteiger partial charge is 0.0401 e. The lowest BCUT2D eigenvalue weighted by Gasteiger charge is -2.56. The third-order valence-corrected chi connectivity index (χ3v) is 9.39. The summed E-state index contributed by atoms with van der Waals surface area (Å²) in [4.78, 5) is 2.81. The Morgan fingerprint density at radius 2 is 1.76 bits per heavy atom. The molecule has 186 valence electrons. The largest absolute Gasteiger partial charge is 0.368 e. The first kappa shape index (κ1) is 25.3. The van der Waals surface area contributed by atoms with Crippen LogP contribution in [0.1, 0.15) is 94.0 Å². The van der Waals surface area contributed by atoms with E-state index in [2.05, 4.69) is 74.3 Å². The molecule has 4 atom stereocenters. The summed E-state index contributed by atoms with van der Waals surface area (Å²) >= 11 is 0. The maximum Gasteiger partial charge on any atom is 0.0401 e. The highest BCUT2D eigenvalue weighted by Gasteiger charge is 2.50. The van der Waals surface area contributed by atoms with Gasteiger partial charge in [0.25, 0.3) is 0 Å². The second-order valence-electron chi connectivity index (χ2n) is 10.7. The number of nitrogens with zero attached hydrogens (tertiary/aromatic N) is 1. The van der Waals surface area contributed by atoms with Crippen molar-refractivity contribution in [1.82, 2.24) is 5.32 Å². The Morgan fingerprint density at radius 3 is 2.44 bits per heavy atom. The van der Waals surface area contributed by atoms with Crippen LogP contribution in [0, 0.1) is 19.8 Å². The molecule has 2 aromatic rings. The molecule has 3 aliphatic rings. The molecular formula is C32H48N2. The van der Waals surface area contributed by atoms with Gasteiger partial charge in [-0.3, -0.25) is 0 Å². The zero-order chi connectivity index (χ0) is 24.3. The summed E-state index contributed by atoms with van der Waals surface area (Å²) in [7, 11) is 0. The minimum atomic E-state index is 0.273. The summed E-state index contributed by atoms with van der Waals surface area (Å²) in [5, 5.41) is 3.84. The van der Waals surface area contributed by atoms with E-state index in [9.17, 15) is 0 Å². The van der Waals surface area contributed by atoms with Gasteiger partial charge in [0, 0.05) is 29.7 Å². The van der Waals surface area contributed by atoms with E-state index in [0.29, 0.717) is 12.1 Å². The van der Waals surface area contributed by atoms with Crippen molar-refractivity contribution in [2.24, 2.45) is 5.92 Å². The SMILES string of the molecule is CC.CCc1ccc(C)c(C)c1[C@@]1(CC)CC(N2CCCc3ccccc32)CCC1[C@H]1CCN1. The molecule has 2 heteroatoms. The van der Waals surface area contributed by atoms with Crippen LogP contribution in [0.5, 0.6) is 0 Å². The average molecular weight is 461 g/mol. The Kier molecular flexibility index (Phi) is 8.08. The average Bonchev–Trinajstić information content (AvgIpc) is 2.86. The second-order valence-corrected chi connectivity index (χ2v) is 10.7. The maximum atomic E-state index is 3.84. The molecule has 0 aromatic heterocycles. The van der Waals surface area contributed by atoms with Crippen LogP contribution in [0.2, 0.25) is 0 Å². The number of nitrogens with one attached hydrogen (secondary N) is 1. The Labute approximate surface area is 209 Å². The fourth-order valence-electron chi connectivity index (χ4n) is 7.50. The van der Waals surface area contributed by atoms with Gasteiger partial charge < -0.3 is 10.2 Å². The lowest BCUT2D eigenvalue weighted by molar-refractivity contribution is 0.0878. The Hall–Kier alpha value is -1.80. The van der Waals surface area contributed by atoms with Crippen molar-refractivity contribution in [2.45, 2.75) is 110 Å².